The van der Waals surface area contributed by atoms with E-state index in [1.54, 1.807) is 0 Å². The van der Waals surface area contributed by atoms with Crippen LogP contribution in [0.25, 0.3) is 11.1 Å². The maximum Gasteiger partial charge on any atom is 0.0583 e. The summed E-state index contributed by atoms with van der Waals surface area (Å²) in [4.78, 5) is 4.69. The minimum absolute atomic E-state index is 0. The summed E-state index contributed by atoms with van der Waals surface area (Å²) in [5.41, 5.74) is 5.01. The fourth-order valence-electron chi connectivity index (χ4n) is 1.85. The van der Waals surface area contributed by atoms with Crippen LogP contribution in [-0.2, 0) is 32.7 Å². The van der Waals surface area contributed by atoms with E-state index < -0.39 is 0 Å². The molecule has 0 saturated heterocycles. The molecule has 85 valence electrons. The number of fused-ring (bicyclic) bond motifs is 1. The summed E-state index contributed by atoms with van der Waals surface area (Å²) in [6.07, 6.45) is 0. The first kappa shape index (κ1) is 14.5. The van der Waals surface area contributed by atoms with Crippen molar-refractivity contribution >= 4 is 16.9 Å². The minimum Gasteiger partial charge on any atom is -0.280 e. The zero-order valence-electron chi connectivity index (χ0n) is 10.7. The van der Waals surface area contributed by atoms with Gasteiger partial charge in [0, 0.05) is 32.7 Å². The van der Waals surface area contributed by atoms with Crippen LogP contribution in [0.1, 0.15) is 31.9 Å². The standard InChI is InChI=1S/C15H16N.Y/c1-10-12-8-6-7-9-13(12)11(2)14(10)16-15(3,4)5;/h6,8-9H,1-2H2,3-5H3;/q-1;. The summed E-state index contributed by atoms with van der Waals surface area (Å²) in [7, 11) is 0. The van der Waals surface area contributed by atoms with Crippen LogP contribution < -0.4 is 0 Å². The van der Waals surface area contributed by atoms with Crippen molar-refractivity contribution in [1.29, 1.82) is 0 Å². The van der Waals surface area contributed by atoms with Crippen LogP contribution in [0.15, 0.2) is 36.3 Å². The number of allylic oxidation sites excluding steroid dienone is 2. The van der Waals surface area contributed by atoms with Gasteiger partial charge < -0.3 is 0 Å². The first-order valence-corrected chi connectivity index (χ1v) is 5.39. The second-order valence-corrected chi connectivity index (χ2v) is 5.06. The van der Waals surface area contributed by atoms with E-state index in [0.29, 0.717) is 0 Å². The molecule has 2 rings (SSSR count). The Labute approximate surface area is 129 Å². The number of aliphatic imine (C=N–C) groups is 1. The zero-order valence-corrected chi connectivity index (χ0v) is 13.5. The van der Waals surface area contributed by atoms with Gasteiger partial charge in [0.15, 0.2) is 0 Å². The van der Waals surface area contributed by atoms with E-state index in [-0.39, 0.29) is 38.2 Å². The second kappa shape index (κ2) is 5.00. The minimum atomic E-state index is -0.104. The Kier molecular flexibility index (Phi) is 4.27. The normalized spacial score (nSPS) is 17.0. The molecule has 1 aliphatic carbocycles. The van der Waals surface area contributed by atoms with Crippen molar-refractivity contribution in [2.45, 2.75) is 26.3 Å². The third-order valence-electron chi connectivity index (χ3n) is 2.53. The van der Waals surface area contributed by atoms with E-state index in [4.69, 9.17) is 0 Å². The van der Waals surface area contributed by atoms with Gasteiger partial charge in [0.05, 0.1) is 11.3 Å². The van der Waals surface area contributed by atoms with Gasteiger partial charge in [0.25, 0.3) is 0 Å². The molecule has 1 aromatic carbocycles. The van der Waals surface area contributed by atoms with Crippen molar-refractivity contribution in [3.05, 3.63) is 48.6 Å². The Hall–Kier alpha value is -0.526. The van der Waals surface area contributed by atoms with Crippen LogP contribution >= 0.6 is 0 Å². The third-order valence-corrected chi connectivity index (χ3v) is 2.53. The largest absolute Gasteiger partial charge is 0.280 e. The Morgan fingerprint density at radius 2 is 1.71 bits per heavy atom. The molecule has 0 N–H and O–H groups in total. The molecule has 1 aliphatic rings. The quantitative estimate of drug-likeness (QED) is 0.647. The first-order valence-electron chi connectivity index (χ1n) is 5.39. The Bertz CT molecular complexity index is 467. The summed E-state index contributed by atoms with van der Waals surface area (Å²) in [5, 5.41) is 0. The molecule has 17 heavy (non-hydrogen) atoms. The van der Waals surface area contributed by atoms with Crippen LogP contribution in [-0.4, -0.2) is 11.3 Å². The molecule has 0 fully saturated rings. The molecule has 0 spiro atoms. The molecule has 0 bridgehead atoms. The second-order valence-electron chi connectivity index (χ2n) is 5.06. The van der Waals surface area contributed by atoms with Crippen LogP contribution in [0.3, 0.4) is 0 Å². The van der Waals surface area contributed by atoms with Crippen molar-refractivity contribution in [3.8, 4) is 0 Å². The number of hydrogen-bond donors (Lipinski definition) is 0. The average molecular weight is 299 g/mol. The first-order chi connectivity index (χ1) is 7.40. The van der Waals surface area contributed by atoms with Gasteiger partial charge in [-0.05, 0) is 26.3 Å². The molecule has 0 saturated carbocycles. The van der Waals surface area contributed by atoms with Gasteiger partial charge in [0.2, 0.25) is 0 Å². The van der Waals surface area contributed by atoms with Crippen molar-refractivity contribution in [1.82, 2.24) is 0 Å². The van der Waals surface area contributed by atoms with Crippen LogP contribution in [0, 0.1) is 6.07 Å². The van der Waals surface area contributed by atoms with E-state index in [2.05, 4.69) is 45.0 Å². The maximum absolute atomic E-state index is 4.69. The Morgan fingerprint density at radius 1 is 1.12 bits per heavy atom. The molecular formula is C15H16NY-. The van der Waals surface area contributed by atoms with E-state index in [0.717, 1.165) is 28.0 Å². The van der Waals surface area contributed by atoms with Gasteiger partial charge in [-0.3, -0.25) is 4.99 Å². The molecule has 0 amide bonds. The van der Waals surface area contributed by atoms with Gasteiger partial charge in [-0.25, -0.2) is 0 Å². The van der Waals surface area contributed by atoms with Crippen LogP contribution in [0.4, 0.5) is 0 Å². The molecule has 0 aromatic heterocycles. The fourth-order valence-corrected chi connectivity index (χ4v) is 1.85. The molecular weight excluding hydrogens is 283 g/mol. The molecule has 1 nitrogen and oxygen atoms in total. The van der Waals surface area contributed by atoms with E-state index >= 15 is 0 Å². The van der Waals surface area contributed by atoms with Crippen LogP contribution in [0.2, 0.25) is 0 Å². The predicted molar refractivity (Wildman–Crippen MR) is 70.5 cm³/mol. The van der Waals surface area contributed by atoms with Gasteiger partial charge >= 0.3 is 0 Å². The van der Waals surface area contributed by atoms with Gasteiger partial charge in [-0.1, -0.05) is 12.2 Å². The summed E-state index contributed by atoms with van der Waals surface area (Å²) in [6, 6.07) is 8.94. The summed E-state index contributed by atoms with van der Waals surface area (Å²) >= 11 is 0. The molecule has 0 aliphatic heterocycles. The number of benzene rings is 1. The summed E-state index contributed by atoms with van der Waals surface area (Å²) in [5.74, 6) is 0. The van der Waals surface area contributed by atoms with Crippen molar-refractivity contribution in [2.24, 2.45) is 4.99 Å². The van der Waals surface area contributed by atoms with Gasteiger partial charge in [-0.2, -0.15) is 24.3 Å². The average Bonchev–Trinajstić information content (AvgIpc) is 2.43. The monoisotopic (exact) mass is 299 g/mol. The molecule has 1 aromatic rings. The van der Waals surface area contributed by atoms with E-state index in [9.17, 15) is 0 Å². The molecule has 0 unspecified atom stereocenters. The van der Waals surface area contributed by atoms with Crippen LogP contribution in [0.5, 0.6) is 0 Å². The topological polar surface area (TPSA) is 12.4 Å². The number of hydrogen-bond acceptors (Lipinski definition) is 1. The molecule has 0 atom stereocenters. The smallest absolute Gasteiger partial charge is 0.0583 e. The molecule has 0 heterocycles. The van der Waals surface area contributed by atoms with Crippen molar-refractivity contribution in [3.63, 3.8) is 0 Å². The summed E-state index contributed by atoms with van der Waals surface area (Å²) in [6.45, 7) is 14.4. The Morgan fingerprint density at radius 3 is 2.24 bits per heavy atom. The zero-order chi connectivity index (χ0) is 11.9. The SMILES string of the molecule is C=C1C(=NC(C)(C)C)C(=C)c2cc[c-]cc21.[Y]. The van der Waals surface area contributed by atoms with Crippen molar-refractivity contribution in [2.75, 3.05) is 0 Å². The molecule has 1 radical (unpaired) electrons. The predicted octanol–water partition coefficient (Wildman–Crippen LogP) is 3.76. The van der Waals surface area contributed by atoms with Gasteiger partial charge in [0.1, 0.15) is 0 Å². The number of rotatable bonds is 0. The fraction of sp³-hybridized carbons (Fsp3) is 0.267. The van der Waals surface area contributed by atoms with Crippen molar-refractivity contribution < 1.29 is 32.7 Å². The van der Waals surface area contributed by atoms with Gasteiger partial charge in [-0.15, -0.1) is 17.7 Å². The van der Waals surface area contributed by atoms with E-state index in [1.165, 1.54) is 0 Å². The molecule has 2 heteroatoms. The summed E-state index contributed by atoms with van der Waals surface area (Å²) < 4.78 is 0. The number of nitrogens with zero attached hydrogens (tertiary/aromatic N) is 1. The Balaban J connectivity index is 0.00000144. The maximum atomic E-state index is 4.69. The third kappa shape index (κ3) is 2.84. The van der Waals surface area contributed by atoms with E-state index in [1.807, 2.05) is 18.2 Å².